The van der Waals surface area contributed by atoms with Crippen molar-refractivity contribution >= 4 is 11.8 Å². The van der Waals surface area contributed by atoms with Gasteiger partial charge in [0.15, 0.2) is 6.61 Å². The first-order chi connectivity index (χ1) is 12.6. The number of nitrogens with one attached hydrogen (secondary N) is 2. The minimum Gasteiger partial charge on any atom is -0.484 e. The van der Waals surface area contributed by atoms with E-state index >= 15 is 0 Å². The summed E-state index contributed by atoms with van der Waals surface area (Å²) < 4.78 is 5.46. The van der Waals surface area contributed by atoms with Crippen LogP contribution in [0.2, 0.25) is 0 Å². The largest absolute Gasteiger partial charge is 0.484 e. The van der Waals surface area contributed by atoms with Crippen molar-refractivity contribution in [2.45, 2.75) is 26.7 Å². The van der Waals surface area contributed by atoms with E-state index in [1.807, 2.05) is 43.3 Å². The van der Waals surface area contributed by atoms with Crippen molar-refractivity contribution in [3.05, 3.63) is 65.2 Å². The first-order valence-electron chi connectivity index (χ1n) is 8.92. The Labute approximate surface area is 154 Å². The molecule has 0 saturated carbocycles. The second-order valence-electron chi connectivity index (χ2n) is 6.15. The Hall–Kier alpha value is -2.82. The summed E-state index contributed by atoms with van der Waals surface area (Å²) in [7, 11) is 0. The minimum atomic E-state index is -0.216. The number of rotatable bonds is 9. The summed E-state index contributed by atoms with van der Waals surface area (Å²) in [6.45, 7) is 4.79. The zero-order valence-corrected chi connectivity index (χ0v) is 15.4. The SMILES string of the molecule is CCCc1ccc(OCC(=O)NCCNC(=O)c2ccc(C)cc2)cc1. The summed E-state index contributed by atoms with van der Waals surface area (Å²) >= 11 is 0. The third kappa shape index (κ3) is 6.59. The third-order valence-corrected chi connectivity index (χ3v) is 3.88. The van der Waals surface area contributed by atoms with Crippen LogP contribution in [0, 0.1) is 6.92 Å². The Balaban J connectivity index is 1.62. The van der Waals surface area contributed by atoms with Crippen molar-refractivity contribution in [3.63, 3.8) is 0 Å². The predicted octanol–water partition coefficient (Wildman–Crippen LogP) is 2.87. The average Bonchev–Trinajstić information content (AvgIpc) is 2.65. The van der Waals surface area contributed by atoms with Gasteiger partial charge in [-0.15, -0.1) is 0 Å². The molecule has 0 bridgehead atoms. The van der Waals surface area contributed by atoms with Gasteiger partial charge in [-0.05, 0) is 43.2 Å². The second-order valence-corrected chi connectivity index (χ2v) is 6.15. The Bertz CT molecular complexity index is 709. The maximum Gasteiger partial charge on any atom is 0.258 e. The van der Waals surface area contributed by atoms with E-state index in [0.29, 0.717) is 24.4 Å². The molecule has 0 saturated heterocycles. The molecule has 0 spiro atoms. The Morgan fingerprint density at radius 2 is 1.58 bits per heavy atom. The quantitative estimate of drug-likeness (QED) is 0.681. The first kappa shape index (κ1) is 19.5. The normalized spacial score (nSPS) is 10.2. The van der Waals surface area contributed by atoms with E-state index < -0.39 is 0 Å². The second kappa shape index (κ2) is 10.2. The fourth-order valence-electron chi connectivity index (χ4n) is 2.43. The number of hydrogen-bond donors (Lipinski definition) is 2. The Morgan fingerprint density at radius 1 is 0.923 bits per heavy atom. The van der Waals surface area contributed by atoms with Crippen molar-refractivity contribution in [1.82, 2.24) is 10.6 Å². The highest BCUT2D eigenvalue weighted by atomic mass is 16.5. The average molecular weight is 354 g/mol. The van der Waals surface area contributed by atoms with Crippen molar-refractivity contribution < 1.29 is 14.3 Å². The molecule has 0 aromatic heterocycles. The number of carbonyl (C=O) groups excluding carboxylic acids is 2. The highest BCUT2D eigenvalue weighted by molar-refractivity contribution is 5.94. The summed E-state index contributed by atoms with van der Waals surface area (Å²) in [5.74, 6) is 0.308. The van der Waals surface area contributed by atoms with Gasteiger partial charge >= 0.3 is 0 Å². The molecule has 26 heavy (non-hydrogen) atoms. The molecule has 5 nitrogen and oxygen atoms in total. The van der Waals surface area contributed by atoms with Crippen molar-refractivity contribution in [2.24, 2.45) is 0 Å². The lowest BCUT2D eigenvalue weighted by Gasteiger charge is -2.09. The summed E-state index contributed by atoms with van der Waals surface area (Å²) in [5.41, 5.74) is 2.97. The molecular formula is C21H26N2O3. The molecule has 138 valence electrons. The molecule has 0 atom stereocenters. The molecule has 0 heterocycles. The molecule has 0 radical (unpaired) electrons. The van der Waals surface area contributed by atoms with Crippen LogP contribution < -0.4 is 15.4 Å². The van der Waals surface area contributed by atoms with Gasteiger partial charge in [0.05, 0.1) is 0 Å². The Morgan fingerprint density at radius 3 is 2.23 bits per heavy atom. The standard InChI is InChI=1S/C21H26N2O3/c1-3-4-17-7-11-19(12-8-17)26-15-20(24)22-13-14-23-21(25)18-9-5-16(2)6-10-18/h5-12H,3-4,13-15H2,1-2H3,(H,22,24)(H,23,25). The van der Waals surface area contributed by atoms with Gasteiger partial charge < -0.3 is 15.4 Å². The maximum atomic E-state index is 11.9. The molecular weight excluding hydrogens is 328 g/mol. The van der Waals surface area contributed by atoms with E-state index in [1.165, 1.54) is 5.56 Å². The van der Waals surface area contributed by atoms with Crippen LogP contribution in [0.25, 0.3) is 0 Å². The third-order valence-electron chi connectivity index (χ3n) is 3.88. The van der Waals surface area contributed by atoms with Gasteiger partial charge in [-0.2, -0.15) is 0 Å². The smallest absolute Gasteiger partial charge is 0.258 e. The van der Waals surface area contributed by atoms with Crippen LogP contribution in [-0.2, 0) is 11.2 Å². The van der Waals surface area contributed by atoms with Gasteiger partial charge in [0, 0.05) is 18.7 Å². The molecule has 2 N–H and O–H groups in total. The van der Waals surface area contributed by atoms with Gasteiger partial charge in [0.1, 0.15) is 5.75 Å². The lowest BCUT2D eigenvalue weighted by atomic mass is 10.1. The molecule has 5 heteroatoms. The number of carbonyl (C=O) groups is 2. The van der Waals surface area contributed by atoms with Gasteiger partial charge in [-0.25, -0.2) is 0 Å². The van der Waals surface area contributed by atoms with Crippen LogP contribution in [0.5, 0.6) is 5.75 Å². The van der Waals surface area contributed by atoms with E-state index in [0.717, 1.165) is 18.4 Å². The van der Waals surface area contributed by atoms with Crippen LogP contribution in [0.15, 0.2) is 48.5 Å². The Kier molecular flexibility index (Phi) is 7.68. The lowest BCUT2D eigenvalue weighted by molar-refractivity contribution is -0.123. The fourth-order valence-corrected chi connectivity index (χ4v) is 2.43. The van der Waals surface area contributed by atoms with Crippen LogP contribution in [0.1, 0.15) is 34.8 Å². The summed E-state index contributed by atoms with van der Waals surface area (Å²) in [6.07, 6.45) is 2.14. The lowest BCUT2D eigenvalue weighted by Crippen LogP contribution is -2.36. The molecule has 0 unspecified atom stereocenters. The summed E-state index contributed by atoms with van der Waals surface area (Å²) in [5, 5.41) is 5.49. The van der Waals surface area contributed by atoms with Gasteiger partial charge in [0.25, 0.3) is 11.8 Å². The van der Waals surface area contributed by atoms with Crippen LogP contribution in [0.3, 0.4) is 0 Å². The van der Waals surface area contributed by atoms with Crippen LogP contribution in [-0.4, -0.2) is 31.5 Å². The zero-order valence-electron chi connectivity index (χ0n) is 15.4. The highest BCUT2D eigenvalue weighted by Gasteiger charge is 2.05. The van der Waals surface area contributed by atoms with Gasteiger partial charge in [-0.3, -0.25) is 9.59 Å². The number of benzene rings is 2. The van der Waals surface area contributed by atoms with E-state index in [4.69, 9.17) is 4.74 Å². The van der Waals surface area contributed by atoms with E-state index in [2.05, 4.69) is 17.6 Å². The fraction of sp³-hybridized carbons (Fsp3) is 0.333. The molecule has 2 amide bonds. The number of ether oxygens (including phenoxy) is 1. The maximum absolute atomic E-state index is 11.9. The van der Waals surface area contributed by atoms with Gasteiger partial charge in [0.2, 0.25) is 0 Å². The molecule has 0 aliphatic heterocycles. The molecule has 0 aliphatic rings. The van der Waals surface area contributed by atoms with Crippen LogP contribution in [0.4, 0.5) is 0 Å². The minimum absolute atomic E-state index is 0.0426. The highest BCUT2D eigenvalue weighted by Crippen LogP contribution is 2.13. The molecule has 2 rings (SSSR count). The zero-order chi connectivity index (χ0) is 18.8. The van der Waals surface area contributed by atoms with Crippen molar-refractivity contribution in [1.29, 1.82) is 0 Å². The molecule has 2 aromatic rings. The number of amides is 2. The van der Waals surface area contributed by atoms with E-state index in [-0.39, 0.29) is 18.4 Å². The molecule has 2 aromatic carbocycles. The summed E-state index contributed by atoms with van der Waals surface area (Å²) in [6, 6.07) is 15.1. The van der Waals surface area contributed by atoms with Crippen molar-refractivity contribution in [2.75, 3.05) is 19.7 Å². The van der Waals surface area contributed by atoms with Gasteiger partial charge in [-0.1, -0.05) is 43.2 Å². The summed E-state index contributed by atoms with van der Waals surface area (Å²) in [4.78, 5) is 23.7. The predicted molar refractivity (Wildman–Crippen MR) is 102 cm³/mol. The van der Waals surface area contributed by atoms with E-state index in [1.54, 1.807) is 12.1 Å². The number of aryl methyl sites for hydroxylation is 2. The number of hydrogen-bond acceptors (Lipinski definition) is 3. The monoisotopic (exact) mass is 354 g/mol. The first-order valence-corrected chi connectivity index (χ1v) is 8.92. The topological polar surface area (TPSA) is 67.4 Å². The molecule has 0 aliphatic carbocycles. The molecule has 0 fully saturated rings. The van der Waals surface area contributed by atoms with Crippen LogP contribution >= 0.6 is 0 Å². The van der Waals surface area contributed by atoms with Crippen molar-refractivity contribution in [3.8, 4) is 5.75 Å². The van der Waals surface area contributed by atoms with E-state index in [9.17, 15) is 9.59 Å².